The van der Waals surface area contributed by atoms with Crippen LogP contribution in [0.25, 0.3) is 0 Å². The van der Waals surface area contributed by atoms with Gasteiger partial charge in [0.2, 0.25) is 0 Å². The summed E-state index contributed by atoms with van der Waals surface area (Å²) in [7, 11) is 1.87. The largest absolute Gasteiger partial charge is 0.388 e. The van der Waals surface area contributed by atoms with Gasteiger partial charge in [-0.3, -0.25) is 0 Å². The predicted molar refractivity (Wildman–Crippen MR) is 60.8 cm³/mol. The van der Waals surface area contributed by atoms with Gasteiger partial charge < -0.3 is 5.32 Å². The lowest BCUT2D eigenvalue weighted by Crippen LogP contribution is -1.97. The van der Waals surface area contributed by atoms with Crippen LogP contribution in [0.4, 0.5) is 10.1 Å². The highest BCUT2D eigenvalue weighted by atomic mass is 19.1. The van der Waals surface area contributed by atoms with E-state index in [1.807, 2.05) is 31.3 Å². The van der Waals surface area contributed by atoms with Crippen molar-refractivity contribution in [3.8, 4) is 0 Å². The first kappa shape index (κ1) is 10.5. The van der Waals surface area contributed by atoms with Crippen LogP contribution in [-0.4, -0.2) is 17.0 Å². The predicted octanol–water partition coefficient (Wildman–Crippen LogP) is 2.25. The number of anilines is 1. The topological polar surface area (TPSA) is 37.8 Å². The molecule has 16 heavy (non-hydrogen) atoms. The first-order valence-corrected chi connectivity index (χ1v) is 5.01. The number of hydrogen-bond donors (Lipinski definition) is 1. The monoisotopic (exact) mass is 217 g/mol. The van der Waals surface area contributed by atoms with Gasteiger partial charge in [0.05, 0.1) is 12.4 Å². The molecule has 0 saturated heterocycles. The van der Waals surface area contributed by atoms with E-state index in [2.05, 4.69) is 15.3 Å². The van der Waals surface area contributed by atoms with Gasteiger partial charge >= 0.3 is 0 Å². The van der Waals surface area contributed by atoms with Crippen LogP contribution in [0.3, 0.4) is 0 Å². The highest BCUT2D eigenvalue weighted by Crippen LogP contribution is 2.10. The van der Waals surface area contributed by atoms with Crippen molar-refractivity contribution in [2.75, 3.05) is 12.4 Å². The van der Waals surface area contributed by atoms with Gasteiger partial charge in [0.15, 0.2) is 5.82 Å². The van der Waals surface area contributed by atoms with Crippen LogP contribution in [-0.2, 0) is 6.42 Å². The molecule has 0 radical (unpaired) electrons. The van der Waals surface area contributed by atoms with Crippen LogP contribution >= 0.6 is 0 Å². The second kappa shape index (κ2) is 4.70. The van der Waals surface area contributed by atoms with Crippen molar-refractivity contribution in [3.05, 3.63) is 53.9 Å². The summed E-state index contributed by atoms with van der Waals surface area (Å²) in [6.45, 7) is 0. The van der Waals surface area contributed by atoms with E-state index in [0.717, 1.165) is 11.3 Å². The van der Waals surface area contributed by atoms with Crippen molar-refractivity contribution in [2.24, 2.45) is 0 Å². The summed E-state index contributed by atoms with van der Waals surface area (Å²) < 4.78 is 12.6. The number of rotatable bonds is 3. The fourth-order valence-electron chi connectivity index (χ4n) is 1.40. The molecule has 0 amide bonds. The zero-order chi connectivity index (χ0) is 11.4. The Balaban J connectivity index is 2.11. The maximum Gasteiger partial charge on any atom is 0.159 e. The van der Waals surface area contributed by atoms with E-state index in [4.69, 9.17) is 0 Å². The van der Waals surface area contributed by atoms with E-state index in [9.17, 15) is 4.39 Å². The summed E-state index contributed by atoms with van der Waals surface area (Å²) in [5.41, 5.74) is 2.16. The summed E-state index contributed by atoms with van der Waals surface area (Å²) in [5.74, 6) is 0.216. The van der Waals surface area contributed by atoms with Crippen molar-refractivity contribution in [1.29, 1.82) is 0 Å². The number of aromatic nitrogens is 2. The summed E-state index contributed by atoms with van der Waals surface area (Å²) in [4.78, 5) is 7.83. The quantitative estimate of drug-likeness (QED) is 0.856. The Hall–Kier alpha value is -1.97. The Labute approximate surface area is 93.4 Å². The number of nitrogens with zero attached hydrogens (tertiary/aromatic N) is 2. The van der Waals surface area contributed by atoms with Gasteiger partial charge in [-0.2, -0.15) is 0 Å². The molecule has 0 bridgehead atoms. The molecule has 1 aromatic heterocycles. The number of hydrogen-bond acceptors (Lipinski definition) is 3. The molecule has 82 valence electrons. The van der Waals surface area contributed by atoms with E-state index < -0.39 is 5.82 Å². The molecule has 0 saturated carbocycles. The fourth-order valence-corrected chi connectivity index (χ4v) is 1.40. The minimum Gasteiger partial charge on any atom is -0.388 e. The molecule has 0 fully saturated rings. The highest BCUT2D eigenvalue weighted by molar-refractivity contribution is 5.44. The van der Waals surface area contributed by atoms with E-state index in [1.54, 1.807) is 0 Å². The van der Waals surface area contributed by atoms with Gasteiger partial charge in [0.25, 0.3) is 0 Å². The normalized spacial score (nSPS) is 10.1. The maximum atomic E-state index is 12.6. The summed E-state index contributed by atoms with van der Waals surface area (Å²) >= 11 is 0. The van der Waals surface area contributed by atoms with Gasteiger partial charge in [-0.1, -0.05) is 12.1 Å². The summed E-state index contributed by atoms with van der Waals surface area (Å²) in [5, 5.41) is 3.04. The molecule has 1 heterocycles. The minimum atomic E-state index is -0.408. The Morgan fingerprint density at radius 2 is 1.75 bits per heavy atom. The zero-order valence-corrected chi connectivity index (χ0v) is 8.94. The van der Waals surface area contributed by atoms with Gasteiger partial charge in [-0.25, -0.2) is 14.4 Å². The molecule has 4 heteroatoms. The molecule has 0 atom stereocenters. The molecular weight excluding hydrogens is 205 g/mol. The van der Waals surface area contributed by atoms with Gasteiger partial charge in [-0.05, 0) is 17.7 Å². The number of benzene rings is 1. The molecule has 0 aliphatic heterocycles. The lowest BCUT2D eigenvalue weighted by molar-refractivity contribution is 0.609. The van der Waals surface area contributed by atoms with Gasteiger partial charge in [0, 0.05) is 19.2 Å². The van der Waals surface area contributed by atoms with Crippen molar-refractivity contribution in [1.82, 2.24) is 9.97 Å². The van der Waals surface area contributed by atoms with Crippen molar-refractivity contribution in [2.45, 2.75) is 6.42 Å². The molecule has 0 unspecified atom stereocenters. The molecule has 1 aromatic carbocycles. The summed E-state index contributed by atoms with van der Waals surface area (Å²) in [6, 6.07) is 7.97. The average Bonchev–Trinajstić information content (AvgIpc) is 2.33. The molecular formula is C12H12FN3. The zero-order valence-electron chi connectivity index (χ0n) is 8.94. The third kappa shape index (κ3) is 2.53. The third-order valence-electron chi connectivity index (χ3n) is 2.28. The molecule has 0 aliphatic carbocycles. The van der Waals surface area contributed by atoms with Crippen molar-refractivity contribution < 1.29 is 4.39 Å². The van der Waals surface area contributed by atoms with Crippen LogP contribution in [0.5, 0.6) is 0 Å². The molecule has 0 spiro atoms. The van der Waals surface area contributed by atoms with E-state index in [1.165, 1.54) is 12.4 Å². The highest BCUT2D eigenvalue weighted by Gasteiger charge is 1.99. The molecule has 2 rings (SSSR count). The Kier molecular flexibility index (Phi) is 3.10. The van der Waals surface area contributed by atoms with E-state index in [0.29, 0.717) is 12.2 Å². The van der Waals surface area contributed by atoms with Crippen molar-refractivity contribution >= 4 is 5.69 Å². The standard InChI is InChI=1S/C12H12FN3/c1-14-11-4-2-9(3-5-11)6-12-15-7-10(13)8-16-12/h2-5,7-8,14H,6H2,1H3. The summed E-state index contributed by atoms with van der Waals surface area (Å²) in [6.07, 6.45) is 2.98. The van der Waals surface area contributed by atoms with Crippen molar-refractivity contribution in [3.63, 3.8) is 0 Å². The Morgan fingerprint density at radius 1 is 1.12 bits per heavy atom. The van der Waals surface area contributed by atoms with E-state index in [-0.39, 0.29) is 0 Å². The number of nitrogens with one attached hydrogen (secondary N) is 1. The van der Waals surface area contributed by atoms with Crippen LogP contribution < -0.4 is 5.32 Å². The molecule has 3 nitrogen and oxygen atoms in total. The Bertz CT molecular complexity index is 451. The fraction of sp³-hybridized carbons (Fsp3) is 0.167. The van der Waals surface area contributed by atoms with Crippen LogP contribution in [0, 0.1) is 5.82 Å². The maximum absolute atomic E-state index is 12.6. The lowest BCUT2D eigenvalue weighted by atomic mass is 10.1. The molecule has 0 aliphatic rings. The van der Waals surface area contributed by atoms with Crippen LogP contribution in [0.1, 0.15) is 11.4 Å². The SMILES string of the molecule is CNc1ccc(Cc2ncc(F)cn2)cc1. The molecule has 1 N–H and O–H groups in total. The third-order valence-corrected chi connectivity index (χ3v) is 2.28. The number of halogens is 1. The van der Waals surface area contributed by atoms with Crippen LogP contribution in [0.2, 0.25) is 0 Å². The molecule has 2 aromatic rings. The first-order valence-electron chi connectivity index (χ1n) is 5.01. The van der Waals surface area contributed by atoms with Gasteiger partial charge in [-0.15, -0.1) is 0 Å². The van der Waals surface area contributed by atoms with E-state index >= 15 is 0 Å². The first-order chi connectivity index (χ1) is 7.78. The Morgan fingerprint density at radius 3 is 2.31 bits per heavy atom. The van der Waals surface area contributed by atoms with Gasteiger partial charge in [0.1, 0.15) is 5.82 Å². The lowest BCUT2D eigenvalue weighted by Gasteiger charge is -2.02. The minimum absolute atomic E-state index is 0.408. The smallest absolute Gasteiger partial charge is 0.159 e. The second-order valence-corrected chi connectivity index (χ2v) is 3.44. The second-order valence-electron chi connectivity index (χ2n) is 3.44. The van der Waals surface area contributed by atoms with Crippen LogP contribution in [0.15, 0.2) is 36.7 Å². The average molecular weight is 217 g/mol.